The highest BCUT2D eigenvalue weighted by molar-refractivity contribution is 14.0. The Morgan fingerprint density at radius 3 is 2.55 bits per heavy atom. The molecule has 0 bridgehead atoms. The van der Waals surface area contributed by atoms with Crippen LogP contribution in [0.5, 0.6) is 0 Å². The quantitative estimate of drug-likeness (QED) is 0.0822. The Morgan fingerprint density at radius 2 is 1.90 bits per heavy atom. The molecule has 0 heterocycles. The Bertz CT molecular complexity index is 747. The fourth-order valence-corrected chi connectivity index (χ4v) is 3.13. The lowest BCUT2D eigenvalue weighted by Crippen LogP contribution is -2.42. The van der Waals surface area contributed by atoms with Crippen LogP contribution in [0.4, 0.5) is 5.69 Å². The molecule has 29 heavy (non-hydrogen) atoms. The van der Waals surface area contributed by atoms with E-state index in [9.17, 15) is 18.5 Å². The van der Waals surface area contributed by atoms with Gasteiger partial charge < -0.3 is 20.1 Å². The predicted octanol–water partition coefficient (Wildman–Crippen LogP) is 0.709. The highest BCUT2D eigenvalue weighted by Gasteiger charge is 2.16. The first-order valence-electron chi connectivity index (χ1n) is 8.66. The van der Waals surface area contributed by atoms with E-state index in [4.69, 9.17) is 9.47 Å². The molecule has 0 spiro atoms. The van der Waals surface area contributed by atoms with Crippen LogP contribution in [0, 0.1) is 10.1 Å². The second-order valence-corrected chi connectivity index (χ2v) is 7.30. The molecule has 0 amide bonds. The fourth-order valence-electron chi connectivity index (χ4n) is 2.06. The van der Waals surface area contributed by atoms with Gasteiger partial charge in [0.2, 0.25) is 10.0 Å². The van der Waals surface area contributed by atoms with Gasteiger partial charge in [0.15, 0.2) is 5.96 Å². The number of benzene rings is 1. The maximum atomic E-state index is 12.2. The number of ether oxygens (including phenoxy) is 2. The zero-order chi connectivity index (χ0) is 20.8. The summed E-state index contributed by atoms with van der Waals surface area (Å²) < 4.78 is 37.0. The lowest BCUT2D eigenvalue weighted by molar-refractivity contribution is -0.385. The van der Waals surface area contributed by atoms with Gasteiger partial charge in [-0.3, -0.25) is 15.1 Å². The lowest BCUT2D eigenvalue weighted by Gasteiger charge is -2.12. The number of guanidine groups is 1. The molecule has 11 nitrogen and oxygen atoms in total. The summed E-state index contributed by atoms with van der Waals surface area (Å²) in [5.74, 6) is 0.534. The number of nitro benzene ring substituents is 1. The Kier molecular flexibility index (Phi) is 14.5. The first-order chi connectivity index (χ1) is 13.4. The maximum absolute atomic E-state index is 12.2. The molecule has 0 aliphatic heterocycles. The summed E-state index contributed by atoms with van der Waals surface area (Å²) in [7, 11) is -0.610. The number of nitro groups is 1. The molecule has 0 saturated heterocycles. The molecular formula is C16H28IN5O6S. The molecule has 3 N–H and O–H groups in total. The summed E-state index contributed by atoms with van der Waals surface area (Å²) in [4.78, 5) is 14.0. The fraction of sp³-hybridized carbons (Fsp3) is 0.562. The van der Waals surface area contributed by atoms with E-state index in [-0.39, 0.29) is 47.6 Å². The molecular weight excluding hydrogens is 517 g/mol. The molecule has 0 fully saturated rings. The molecule has 0 aliphatic carbocycles. The molecule has 0 aromatic heterocycles. The second kappa shape index (κ2) is 15.3. The van der Waals surface area contributed by atoms with Gasteiger partial charge in [-0.1, -0.05) is 6.07 Å². The maximum Gasteiger partial charge on any atom is 0.270 e. The average molecular weight is 545 g/mol. The summed E-state index contributed by atoms with van der Waals surface area (Å²) >= 11 is 0. The molecule has 0 radical (unpaired) electrons. The summed E-state index contributed by atoms with van der Waals surface area (Å²) in [6, 6.07) is 4.89. The number of halogens is 1. The second-order valence-electron chi connectivity index (χ2n) is 5.54. The molecule has 1 rings (SSSR count). The van der Waals surface area contributed by atoms with Crippen LogP contribution in [0.15, 0.2) is 34.2 Å². The zero-order valence-electron chi connectivity index (χ0n) is 16.4. The van der Waals surface area contributed by atoms with Gasteiger partial charge in [-0.15, -0.1) is 24.0 Å². The number of nitrogens with zero attached hydrogens (tertiary/aromatic N) is 2. The van der Waals surface area contributed by atoms with Gasteiger partial charge in [0.1, 0.15) is 0 Å². The number of aliphatic imine (C=N–C) groups is 1. The van der Waals surface area contributed by atoms with Crippen molar-refractivity contribution in [2.24, 2.45) is 4.99 Å². The Morgan fingerprint density at radius 1 is 1.17 bits per heavy atom. The zero-order valence-corrected chi connectivity index (χ0v) is 19.6. The number of hydrogen-bond acceptors (Lipinski definition) is 7. The normalized spacial score (nSPS) is 11.6. The number of hydrogen-bond donors (Lipinski definition) is 3. The van der Waals surface area contributed by atoms with E-state index < -0.39 is 14.9 Å². The molecule has 0 unspecified atom stereocenters. The minimum Gasteiger partial charge on any atom is -0.382 e. The number of non-ortho nitro benzene ring substituents is 1. The van der Waals surface area contributed by atoms with Crippen molar-refractivity contribution < 1.29 is 22.8 Å². The summed E-state index contributed by atoms with van der Waals surface area (Å²) in [5.41, 5.74) is -0.281. The first-order valence-corrected chi connectivity index (χ1v) is 10.1. The monoisotopic (exact) mass is 545 g/mol. The van der Waals surface area contributed by atoms with Crippen molar-refractivity contribution in [2.45, 2.75) is 11.3 Å². The van der Waals surface area contributed by atoms with Crippen molar-refractivity contribution in [3.63, 3.8) is 0 Å². The van der Waals surface area contributed by atoms with Crippen LogP contribution in [-0.4, -0.2) is 72.9 Å². The van der Waals surface area contributed by atoms with Crippen LogP contribution in [0.2, 0.25) is 0 Å². The molecule has 166 valence electrons. The van der Waals surface area contributed by atoms with E-state index in [1.54, 1.807) is 14.2 Å². The van der Waals surface area contributed by atoms with E-state index in [1.807, 2.05) is 0 Å². The van der Waals surface area contributed by atoms with Crippen LogP contribution >= 0.6 is 24.0 Å². The topological polar surface area (TPSA) is 144 Å². The highest BCUT2D eigenvalue weighted by atomic mass is 127. The van der Waals surface area contributed by atoms with Crippen LogP contribution in [0.3, 0.4) is 0 Å². The third-order valence-corrected chi connectivity index (χ3v) is 4.92. The average Bonchev–Trinajstić information content (AvgIpc) is 2.68. The molecule has 0 saturated carbocycles. The van der Waals surface area contributed by atoms with Crippen LogP contribution in [0.1, 0.15) is 6.42 Å². The van der Waals surface area contributed by atoms with Crippen molar-refractivity contribution in [2.75, 3.05) is 53.6 Å². The van der Waals surface area contributed by atoms with E-state index >= 15 is 0 Å². The summed E-state index contributed by atoms with van der Waals surface area (Å²) in [6.07, 6.45) is 0.782. The number of rotatable bonds is 13. The van der Waals surface area contributed by atoms with Gasteiger partial charge in [-0.25, -0.2) is 13.1 Å². The SMILES string of the molecule is CN=C(NCCCOCCOC)NCCNS(=O)(=O)c1cccc([N+](=O)[O-])c1.I. The number of methoxy groups -OCH3 is 1. The van der Waals surface area contributed by atoms with Crippen molar-refractivity contribution in [1.82, 2.24) is 15.4 Å². The van der Waals surface area contributed by atoms with Gasteiger partial charge in [-0.2, -0.15) is 0 Å². The van der Waals surface area contributed by atoms with E-state index in [1.165, 1.54) is 18.2 Å². The van der Waals surface area contributed by atoms with Gasteiger partial charge in [0.25, 0.3) is 5.69 Å². The van der Waals surface area contributed by atoms with Gasteiger partial charge in [-0.05, 0) is 12.5 Å². The summed E-state index contributed by atoms with van der Waals surface area (Å²) in [5, 5.41) is 16.8. The van der Waals surface area contributed by atoms with Gasteiger partial charge >= 0.3 is 0 Å². The number of nitrogens with one attached hydrogen (secondary N) is 3. The smallest absolute Gasteiger partial charge is 0.270 e. The van der Waals surface area contributed by atoms with E-state index in [2.05, 4.69) is 20.3 Å². The third-order valence-electron chi connectivity index (χ3n) is 3.46. The molecule has 0 atom stereocenters. The van der Waals surface area contributed by atoms with Crippen LogP contribution < -0.4 is 15.4 Å². The first kappa shape index (κ1) is 27.5. The van der Waals surface area contributed by atoms with Crippen LogP contribution in [-0.2, 0) is 19.5 Å². The molecule has 1 aromatic carbocycles. The highest BCUT2D eigenvalue weighted by Crippen LogP contribution is 2.16. The Hall–Kier alpha value is -1.55. The van der Waals surface area contributed by atoms with Crippen molar-refractivity contribution >= 4 is 45.6 Å². The minimum absolute atomic E-state index is 0. The van der Waals surface area contributed by atoms with Crippen molar-refractivity contribution in [1.29, 1.82) is 0 Å². The Labute approximate surface area is 187 Å². The third kappa shape index (κ3) is 11.3. The van der Waals surface area contributed by atoms with Crippen molar-refractivity contribution in [3.05, 3.63) is 34.4 Å². The standard InChI is InChI=1S/C16H27N5O6S.HI/c1-17-16(18-7-4-10-27-12-11-26-2)19-8-9-20-28(24,25)15-6-3-5-14(13-15)21(22)23;/h3,5-6,13,20H,4,7-12H2,1-2H3,(H2,17,18,19);1H. The van der Waals surface area contributed by atoms with Crippen molar-refractivity contribution in [3.8, 4) is 0 Å². The predicted molar refractivity (Wildman–Crippen MR) is 120 cm³/mol. The van der Waals surface area contributed by atoms with Gasteiger partial charge in [0, 0.05) is 52.5 Å². The van der Waals surface area contributed by atoms with Gasteiger partial charge in [0.05, 0.1) is 23.0 Å². The molecule has 1 aromatic rings. The molecule has 13 heteroatoms. The Balaban J connectivity index is 0.00000784. The molecule has 0 aliphatic rings. The number of sulfonamides is 1. The minimum atomic E-state index is -3.83. The van der Waals surface area contributed by atoms with E-state index in [0.29, 0.717) is 32.3 Å². The van der Waals surface area contributed by atoms with E-state index in [0.717, 1.165) is 12.5 Å². The van der Waals surface area contributed by atoms with Crippen LogP contribution in [0.25, 0.3) is 0 Å². The summed E-state index contributed by atoms with van der Waals surface area (Å²) in [6.45, 7) is 2.73. The lowest BCUT2D eigenvalue weighted by atomic mass is 10.3. The largest absolute Gasteiger partial charge is 0.382 e.